The molecule has 1 aliphatic rings. The molecule has 0 atom stereocenters. The SMILES string of the molecule is Cn1cnc(C(=O)CC(=O)C2CCCCC2)c1. The topological polar surface area (TPSA) is 52.0 Å². The van der Waals surface area contributed by atoms with E-state index in [0.717, 1.165) is 25.7 Å². The summed E-state index contributed by atoms with van der Waals surface area (Å²) in [6, 6.07) is 0. The van der Waals surface area contributed by atoms with Gasteiger partial charge in [-0.2, -0.15) is 0 Å². The summed E-state index contributed by atoms with van der Waals surface area (Å²) in [7, 11) is 1.81. The Bertz CT molecular complexity index is 417. The maximum atomic E-state index is 11.9. The molecule has 1 heterocycles. The Kier molecular flexibility index (Phi) is 3.71. The predicted molar refractivity (Wildman–Crippen MR) is 63.7 cm³/mol. The largest absolute Gasteiger partial charge is 0.340 e. The van der Waals surface area contributed by atoms with E-state index in [2.05, 4.69) is 4.98 Å². The van der Waals surface area contributed by atoms with Crippen LogP contribution in [0.4, 0.5) is 0 Å². The molecule has 0 bridgehead atoms. The third-order valence-electron chi connectivity index (χ3n) is 3.39. The number of Topliss-reactive ketones (excluding diaryl/α,β-unsaturated/α-hetero) is 2. The first kappa shape index (κ1) is 12.0. The summed E-state index contributed by atoms with van der Waals surface area (Å²) >= 11 is 0. The van der Waals surface area contributed by atoms with Crippen LogP contribution in [0.2, 0.25) is 0 Å². The van der Waals surface area contributed by atoms with E-state index in [1.807, 2.05) is 7.05 Å². The first-order valence-corrected chi connectivity index (χ1v) is 6.20. The van der Waals surface area contributed by atoms with Gasteiger partial charge < -0.3 is 4.57 Å². The van der Waals surface area contributed by atoms with Crippen LogP contribution in [0.15, 0.2) is 12.5 Å². The van der Waals surface area contributed by atoms with Crippen molar-refractivity contribution in [1.29, 1.82) is 0 Å². The fourth-order valence-corrected chi connectivity index (χ4v) is 2.37. The highest BCUT2D eigenvalue weighted by Crippen LogP contribution is 2.25. The van der Waals surface area contributed by atoms with Crippen LogP contribution in [0.1, 0.15) is 49.0 Å². The van der Waals surface area contributed by atoms with Gasteiger partial charge in [-0.3, -0.25) is 9.59 Å². The van der Waals surface area contributed by atoms with Crippen LogP contribution in [0.3, 0.4) is 0 Å². The maximum Gasteiger partial charge on any atom is 0.190 e. The fourth-order valence-electron chi connectivity index (χ4n) is 2.37. The van der Waals surface area contributed by atoms with Crippen molar-refractivity contribution in [3.05, 3.63) is 18.2 Å². The Balaban J connectivity index is 1.91. The number of carbonyl (C=O) groups is 2. The highest BCUT2D eigenvalue weighted by molar-refractivity contribution is 6.07. The van der Waals surface area contributed by atoms with Crippen LogP contribution in [0.25, 0.3) is 0 Å². The van der Waals surface area contributed by atoms with Crippen LogP contribution in [-0.4, -0.2) is 21.1 Å². The number of aromatic nitrogens is 2. The van der Waals surface area contributed by atoms with Crippen LogP contribution in [0.5, 0.6) is 0 Å². The number of ketones is 2. The highest BCUT2D eigenvalue weighted by atomic mass is 16.1. The lowest BCUT2D eigenvalue weighted by molar-refractivity contribution is -0.122. The van der Waals surface area contributed by atoms with E-state index in [1.54, 1.807) is 17.1 Å². The zero-order chi connectivity index (χ0) is 12.3. The predicted octanol–water partition coefficient (Wildman–Crippen LogP) is 2.14. The molecular formula is C13H18N2O2. The van der Waals surface area contributed by atoms with Crippen molar-refractivity contribution in [2.24, 2.45) is 13.0 Å². The molecule has 0 aromatic carbocycles. The minimum Gasteiger partial charge on any atom is -0.340 e. The number of hydrogen-bond acceptors (Lipinski definition) is 3. The standard InChI is InChI=1S/C13H18N2O2/c1-15-8-11(14-9-15)13(17)7-12(16)10-5-3-2-4-6-10/h8-10H,2-7H2,1H3. The maximum absolute atomic E-state index is 11.9. The van der Waals surface area contributed by atoms with E-state index >= 15 is 0 Å². The fraction of sp³-hybridized carbons (Fsp3) is 0.615. The summed E-state index contributed by atoms with van der Waals surface area (Å²) in [5.74, 6) is 0.0536. The van der Waals surface area contributed by atoms with E-state index < -0.39 is 0 Å². The van der Waals surface area contributed by atoms with Crippen molar-refractivity contribution < 1.29 is 9.59 Å². The van der Waals surface area contributed by atoms with E-state index in [0.29, 0.717) is 5.69 Å². The van der Waals surface area contributed by atoms with Gasteiger partial charge in [0.2, 0.25) is 0 Å². The first-order valence-electron chi connectivity index (χ1n) is 6.20. The van der Waals surface area contributed by atoms with Crippen molar-refractivity contribution >= 4 is 11.6 Å². The van der Waals surface area contributed by atoms with Gasteiger partial charge in [-0.1, -0.05) is 19.3 Å². The molecule has 1 aliphatic carbocycles. The summed E-state index contributed by atoms with van der Waals surface area (Å²) in [6.45, 7) is 0. The monoisotopic (exact) mass is 234 g/mol. The molecule has 2 rings (SSSR count). The van der Waals surface area contributed by atoms with E-state index in [4.69, 9.17) is 0 Å². The van der Waals surface area contributed by atoms with Gasteiger partial charge >= 0.3 is 0 Å². The van der Waals surface area contributed by atoms with Crippen LogP contribution >= 0.6 is 0 Å². The van der Waals surface area contributed by atoms with Crippen LogP contribution in [-0.2, 0) is 11.8 Å². The van der Waals surface area contributed by atoms with Crippen LogP contribution in [0, 0.1) is 5.92 Å². The van der Waals surface area contributed by atoms with Crippen molar-refractivity contribution in [2.75, 3.05) is 0 Å². The quantitative estimate of drug-likeness (QED) is 0.592. The molecule has 4 nitrogen and oxygen atoms in total. The molecule has 0 aliphatic heterocycles. The average molecular weight is 234 g/mol. The van der Waals surface area contributed by atoms with E-state index in [9.17, 15) is 9.59 Å². The summed E-state index contributed by atoms with van der Waals surface area (Å²) < 4.78 is 1.72. The molecule has 0 radical (unpaired) electrons. The lowest BCUT2D eigenvalue weighted by atomic mass is 9.84. The molecule has 1 fully saturated rings. The first-order chi connectivity index (χ1) is 8.16. The second-order valence-corrected chi connectivity index (χ2v) is 4.83. The third kappa shape index (κ3) is 3.02. The van der Waals surface area contributed by atoms with Crippen molar-refractivity contribution in [3.8, 4) is 0 Å². The molecule has 4 heteroatoms. The third-order valence-corrected chi connectivity index (χ3v) is 3.39. The zero-order valence-electron chi connectivity index (χ0n) is 10.2. The number of rotatable bonds is 4. The Morgan fingerprint density at radius 2 is 2.06 bits per heavy atom. The molecule has 0 amide bonds. The second-order valence-electron chi connectivity index (χ2n) is 4.83. The Hall–Kier alpha value is -1.45. The summed E-state index contributed by atoms with van der Waals surface area (Å²) in [5, 5.41) is 0. The molecule has 0 spiro atoms. The van der Waals surface area contributed by atoms with Gasteiger partial charge in [-0.15, -0.1) is 0 Å². The molecule has 0 N–H and O–H groups in total. The molecule has 1 aromatic rings. The van der Waals surface area contributed by atoms with Gasteiger partial charge in [-0.05, 0) is 12.8 Å². The number of hydrogen-bond donors (Lipinski definition) is 0. The zero-order valence-corrected chi connectivity index (χ0v) is 10.2. The van der Waals surface area contributed by atoms with Crippen molar-refractivity contribution in [2.45, 2.75) is 38.5 Å². The van der Waals surface area contributed by atoms with Crippen molar-refractivity contribution in [1.82, 2.24) is 9.55 Å². The Morgan fingerprint density at radius 1 is 1.35 bits per heavy atom. The van der Waals surface area contributed by atoms with Crippen LogP contribution < -0.4 is 0 Å². The summed E-state index contributed by atoms with van der Waals surface area (Å²) in [6.07, 6.45) is 8.62. The van der Waals surface area contributed by atoms with E-state index in [-0.39, 0.29) is 23.9 Å². The van der Waals surface area contributed by atoms with Gasteiger partial charge in [-0.25, -0.2) is 4.98 Å². The van der Waals surface area contributed by atoms with Gasteiger partial charge in [0, 0.05) is 19.2 Å². The van der Waals surface area contributed by atoms with Gasteiger partial charge in [0.05, 0.1) is 12.7 Å². The van der Waals surface area contributed by atoms with Gasteiger partial charge in [0.15, 0.2) is 5.78 Å². The second kappa shape index (κ2) is 5.25. The normalized spacial score (nSPS) is 17.0. The molecule has 1 aromatic heterocycles. The lowest BCUT2D eigenvalue weighted by Gasteiger charge is -2.19. The number of nitrogens with zero attached hydrogens (tertiary/aromatic N) is 2. The van der Waals surface area contributed by atoms with E-state index in [1.165, 1.54) is 6.42 Å². The molecule has 1 saturated carbocycles. The minimum absolute atomic E-state index is 0.0156. The lowest BCUT2D eigenvalue weighted by Crippen LogP contribution is -2.20. The molecular weight excluding hydrogens is 216 g/mol. The minimum atomic E-state index is -0.152. The Morgan fingerprint density at radius 3 is 2.65 bits per heavy atom. The smallest absolute Gasteiger partial charge is 0.190 e. The number of imidazole rings is 1. The summed E-state index contributed by atoms with van der Waals surface area (Å²) in [5.41, 5.74) is 0.400. The van der Waals surface area contributed by atoms with Gasteiger partial charge in [0.25, 0.3) is 0 Å². The molecule has 0 saturated heterocycles. The number of aryl methyl sites for hydroxylation is 1. The Labute approximate surface area is 101 Å². The molecule has 17 heavy (non-hydrogen) atoms. The molecule has 0 unspecified atom stereocenters. The number of carbonyl (C=O) groups excluding carboxylic acids is 2. The average Bonchev–Trinajstić information content (AvgIpc) is 2.77. The van der Waals surface area contributed by atoms with Crippen molar-refractivity contribution in [3.63, 3.8) is 0 Å². The summed E-state index contributed by atoms with van der Waals surface area (Å²) in [4.78, 5) is 27.7. The highest BCUT2D eigenvalue weighted by Gasteiger charge is 2.24. The van der Waals surface area contributed by atoms with Gasteiger partial charge in [0.1, 0.15) is 11.5 Å². The molecule has 92 valence electrons.